The van der Waals surface area contributed by atoms with Gasteiger partial charge in [-0.05, 0) is 25.5 Å². The molecule has 1 N–H and O–H groups in total. The average molecular weight is 326 g/mol. The zero-order chi connectivity index (χ0) is 14.0. The van der Waals surface area contributed by atoms with Gasteiger partial charge in [0.15, 0.2) is 0 Å². The van der Waals surface area contributed by atoms with E-state index < -0.39 is 11.8 Å². The molecule has 2 rings (SSSR count). The first-order valence-electron chi connectivity index (χ1n) is 6.01. The van der Waals surface area contributed by atoms with Crippen molar-refractivity contribution in [1.29, 1.82) is 0 Å². The van der Waals surface area contributed by atoms with Gasteiger partial charge in [0, 0.05) is 4.48 Å². The molecule has 0 radical (unpaired) electrons. The van der Waals surface area contributed by atoms with E-state index in [1.807, 2.05) is 36.4 Å². The van der Waals surface area contributed by atoms with Gasteiger partial charge in [0.05, 0.1) is 12.6 Å². The van der Waals surface area contributed by atoms with Gasteiger partial charge in [0.25, 0.3) is 0 Å². The van der Waals surface area contributed by atoms with Crippen molar-refractivity contribution in [2.75, 3.05) is 6.61 Å². The summed E-state index contributed by atoms with van der Waals surface area (Å²) in [6.07, 6.45) is 0.898. The number of nitrogens with zero attached hydrogens (tertiary/aromatic N) is 1. The third kappa shape index (κ3) is 2.98. The van der Waals surface area contributed by atoms with E-state index in [-0.39, 0.29) is 6.04 Å². The fraction of sp³-hybridized carbons (Fsp3) is 0.357. The Bertz CT molecular complexity index is 499. The Kier molecular flexibility index (Phi) is 3.96. The maximum Gasteiger partial charge on any atom is 0.410 e. The van der Waals surface area contributed by atoms with E-state index in [0.717, 1.165) is 10.0 Å². The van der Waals surface area contributed by atoms with E-state index in [2.05, 4.69) is 15.9 Å². The van der Waals surface area contributed by atoms with Gasteiger partial charge in [-0.25, -0.2) is 4.79 Å². The maximum absolute atomic E-state index is 11.3. The molecular weight excluding hydrogens is 310 g/mol. The van der Waals surface area contributed by atoms with Crippen molar-refractivity contribution >= 4 is 26.5 Å². The molecule has 0 aliphatic carbocycles. The predicted octanol–water partition coefficient (Wildman–Crippen LogP) is 3.54. The Labute approximate surface area is 120 Å². The average Bonchev–Trinajstić information content (AvgIpc) is 2.65. The molecule has 0 spiro atoms. The Morgan fingerprint density at radius 2 is 2.11 bits per heavy atom. The molecule has 1 aliphatic rings. The van der Waals surface area contributed by atoms with Gasteiger partial charge in [-0.1, -0.05) is 46.3 Å². The lowest BCUT2D eigenvalue weighted by atomic mass is 10.1. The summed E-state index contributed by atoms with van der Waals surface area (Å²) in [6.45, 7) is 3.87. The van der Waals surface area contributed by atoms with Crippen molar-refractivity contribution < 1.29 is 14.6 Å². The molecule has 1 saturated heterocycles. The minimum atomic E-state index is -0.975. The fourth-order valence-corrected chi connectivity index (χ4v) is 2.76. The van der Waals surface area contributed by atoms with E-state index >= 15 is 0 Å². The second-order valence-electron chi connectivity index (χ2n) is 4.86. The van der Waals surface area contributed by atoms with Crippen molar-refractivity contribution in [1.82, 2.24) is 4.90 Å². The van der Waals surface area contributed by atoms with Crippen LogP contribution in [0, 0.1) is 0 Å². The highest BCUT2D eigenvalue weighted by Gasteiger charge is 2.43. The summed E-state index contributed by atoms with van der Waals surface area (Å²) < 4.78 is 6.41. The van der Waals surface area contributed by atoms with Crippen LogP contribution in [0.2, 0.25) is 0 Å². The standard InChI is InChI=1S/C14H16BrNO3/c1-14(2)16(13(17)18)11(9-19-14)8-12(15)10-6-4-3-5-7-10/h3-8,11H,9H2,1-2H3,(H,17,18)/b12-8-/t11-/m0/s1. The number of rotatable bonds is 2. The molecule has 1 fully saturated rings. The molecule has 0 saturated carbocycles. The van der Waals surface area contributed by atoms with Crippen LogP contribution in [0.25, 0.3) is 4.48 Å². The number of halogens is 1. The second kappa shape index (κ2) is 5.35. The van der Waals surface area contributed by atoms with Crippen LogP contribution in [0.5, 0.6) is 0 Å². The van der Waals surface area contributed by atoms with Crippen LogP contribution in [0.15, 0.2) is 36.4 Å². The van der Waals surface area contributed by atoms with Gasteiger partial charge in [-0.2, -0.15) is 0 Å². The number of carboxylic acid groups (broad SMARTS) is 1. The molecule has 0 bridgehead atoms. The lowest BCUT2D eigenvalue weighted by Crippen LogP contribution is -2.46. The highest BCUT2D eigenvalue weighted by molar-refractivity contribution is 9.15. The molecule has 1 aromatic carbocycles. The van der Waals surface area contributed by atoms with Crippen LogP contribution >= 0.6 is 15.9 Å². The summed E-state index contributed by atoms with van der Waals surface area (Å²) >= 11 is 3.50. The first kappa shape index (κ1) is 14.1. The lowest BCUT2D eigenvalue weighted by Gasteiger charge is -2.29. The van der Waals surface area contributed by atoms with Crippen molar-refractivity contribution in [3.8, 4) is 0 Å². The summed E-state index contributed by atoms with van der Waals surface area (Å²) in [5.41, 5.74) is 0.217. The second-order valence-corrected chi connectivity index (χ2v) is 5.71. The molecule has 4 nitrogen and oxygen atoms in total. The zero-order valence-corrected chi connectivity index (χ0v) is 12.4. The quantitative estimate of drug-likeness (QED) is 0.904. The maximum atomic E-state index is 11.3. The van der Waals surface area contributed by atoms with E-state index in [9.17, 15) is 9.90 Å². The van der Waals surface area contributed by atoms with Crippen molar-refractivity contribution in [2.24, 2.45) is 0 Å². The highest BCUT2D eigenvalue weighted by Crippen LogP contribution is 2.31. The van der Waals surface area contributed by atoms with E-state index in [0.29, 0.717) is 6.61 Å². The van der Waals surface area contributed by atoms with E-state index in [4.69, 9.17) is 4.74 Å². The van der Waals surface area contributed by atoms with Crippen LogP contribution in [-0.2, 0) is 4.74 Å². The van der Waals surface area contributed by atoms with Crippen LogP contribution in [0.1, 0.15) is 19.4 Å². The smallest absolute Gasteiger partial charge is 0.410 e. The molecule has 0 aromatic heterocycles. The molecule has 0 unspecified atom stereocenters. The highest BCUT2D eigenvalue weighted by atomic mass is 79.9. The van der Waals surface area contributed by atoms with Gasteiger partial charge in [0.2, 0.25) is 0 Å². The van der Waals surface area contributed by atoms with E-state index in [1.165, 1.54) is 4.90 Å². The number of benzene rings is 1. The molecule has 102 valence electrons. The normalized spacial score (nSPS) is 22.6. The summed E-state index contributed by atoms with van der Waals surface area (Å²) in [5.74, 6) is 0. The van der Waals surface area contributed by atoms with Gasteiger partial charge in [0.1, 0.15) is 5.72 Å². The molecule has 5 heteroatoms. The van der Waals surface area contributed by atoms with Gasteiger partial charge < -0.3 is 9.84 Å². The molecular formula is C14H16BrNO3. The summed E-state index contributed by atoms with van der Waals surface area (Å²) in [5, 5.41) is 9.30. The Balaban J connectivity index is 2.25. The third-order valence-electron chi connectivity index (χ3n) is 3.11. The lowest BCUT2D eigenvalue weighted by molar-refractivity contribution is -0.0409. The summed E-state index contributed by atoms with van der Waals surface area (Å²) in [6, 6.07) is 9.46. The number of carbonyl (C=O) groups is 1. The molecule has 1 aromatic rings. The predicted molar refractivity (Wildman–Crippen MR) is 77.0 cm³/mol. The van der Waals surface area contributed by atoms with E-state index in [1.54, 1.807) is 13.8 Å². The number of ether oxygens (including phenoxy) is 1. The Morgan fingerprint density at radius 3 is 2.68 bits per heavy atom. The number of hydrogen-bond donors (Lipinski definition) is 1. The van der Waals surface area contributed by atoms with Crippen molar-refractivity contribution in [3.05, 3.63) is 42.0 Å². The fourth-order valence-electron chi connectivity index (χ4n) is 2.19. The van der Waals surface area contributed by atoms with Gasteiger partial charge in [-0.3, -0.25) is 4.90 Å². The molecule has 1 aliphatic heterocycles. The van der Waals surface area contributed by atoms with Crippen LogP contribution in [0.4, 0.5) is 4.79 Å². The molecule has 1 heterocycles. The molecule has 1 amide bonds. The first-order chi connectivity index (χ1) is 8.92. The van der Waals surface area contributed by atoms with Crippen molar-refractivity contribution in [3.63, 3.8) is 0 Å². The topological polar surface area (TPSA) is 49.8 Å². The summed E-state index contributed by atoms with van der Waals surface area (Å²) in [7, 11) is 0. The number of amides is 1. The van der Waals surface area contributed by atoms with Crippen LogP contribution < -0.4 is 0 Å². The minimum absolute atomic E-state index is 0.290. The first-order valence-corrected chi connectivity index (χ1v) is 6.80. The van der Waals surface area contributed by atoms with Crippen LogP contribution in [-0.4, -0.2) is 34.5 Å². The SMILES string of the molecule is CC1(C)OC[C@H](/C=C(\Br)c2ccccc2)N1C(=O)O. The summed E-state index contributed by atoms with van der Waals surface area (Å²) in [4.78, 5) is 12.7. The number of hydrogen-bond acceptors (Lipinski definition) is 2. The van der Waals surface area contributed by atoms with Gasteiger partial charge in [-0.15, -0.1) is 0 Å². The van der Waals surface area contributed by atoms with Crippen molar-refractivity contribution in [2.45, 2.75) is 25.6 Å². The zero-order valence-electron chi connectivity index (χ0n) is 10.8. The van der Waals surface area contributed by atoms with Gasteiger partial charge >= 0.3 is 6.09 Å². The largest absolute Gasteiger partial charge is 0.465 e. The molecule has 1 atom stereocenters. The Morgan fingerprint density at radius 1 is 1.47 bits per heavy atom. The molecule has 19 heavy (non-hydrogen) atoms. The Hall–Kier alpha value is -1.33. The monoisotopic (exact) mass is 325 g/mol. The minimum Gasteiger partial charge on any atom is -0.465 e. The third-order valence-corrected chi connectivity index (χ3v) is 3.84. The van der Waals surface area contributed by atoms with Crippen LogP contribution in [0.3, 0.4) is 0 Å².